The Morgan fingerprint density at radius 3 is 2.16 bits per heavy atom. The first kappa shape index (κ1) is 21.5. The summed E-state index contributed by atoms with van der Waals surface area (Å²) in [6.07, 6.45) is -3.03. The van der Waals surface area contributed by atoms with Crippen LogP contribution in [0, 0.1) is 11.7 Å². The average Bonchev–Trinajstić information content (AvgIpc) is 2.79. The molecule has 0 unspecified atom stereocenters. The molecule has 0 spiro atoms. The lowest BCUT2D eigenvalue weighted by atomic mass is 9.94. The second-order valence-corrected chi connectivity index (χ2v) is 8.07. The van der Waals surface area contributed by atoms with E-state index in [9.17, 15) is 22.4 Å². The standard InChI is InChI=1S/C23H25F4N3O/c24-20-6-1-2-7-21(20)29-10-8-17(9-11-29)22(31)30-14-12-28(13-15-30)19-5-3-4-18(16-19)23(25,26)27/h1-7,16-17H,8-15H2. The molecule has 2 heterocycles. The van der Waals surface area contributed by atoms with E-state index in [1.807, 2.05) is 14.7 Å². The quantitative estimate of drug-likeness (QED) is 0.669. The van der Waals surface area contributed by atoms with Crippen LogP contribution in [0.5, 0.6) is 0 Å². The highest BCUT2D eigenvalue weighted by atomic mass is 19.4. The fourth-order valence-electron chi connectivity index (χ4n) is 4.40. The van der Waals surface area contributed by atoms with E-state index in [2.05, 4.69) is 0 Å². The van der Waals surface area contributed by atoms with Crippen LogP contribution < -0.4 is 9.80 Å². The molecule has 166 valence electrons. The summed E-state index contributed by atoms with van der Waals surface area (Å²) in [6.45, 7) is 3.23. The summed E-state index contributed by atoms with van der Waals surface area (Å²) in [4.78, 5) is 18.6. The Hall–Kier alpha value is -2.77. The molecule has 0 bridgehead atoms. The number of rotatable bonds is 3. The molecule has 31 heavy (non-hydrogen) atoms. The van der Waals surface area contributed by atoms with E-state index in [1.165, 1.54) is 12.1 Å². The number of piperazine rings is 1. The number of piperidine rings is 1. The molecule has 2 fully saturated rings. The lowest BCUT2D eigenvalue weighted by Crippen LogP contribution is -2.51. The van der Waals surface area contributed by atoms with Gasteiger partial charge in [0.25, 0.3) is 0 Å². The number of benzene rings is 2. The van der Waals surface area contributed by atoms with Gasteiger partial charge in [-0.25, -0.2) is 4.39 Å². The van der Waals surface area contributed by atoms with Crippen molar-refractivity contribution in [1.82, 2.24) is 4.90 Å². The van der Waals surface area contributed by atoms with Crippen LogP contribution in [0.4, 0.5) is 28.9 Å². The molecular formula is C23H25F4N3O. The van der Waals surface area contributed by atoms with Crippen molar-refractivity contribution in [1.29, 1.82) is 0 Å². The molecule has 2 aliphatic rings. The van der Waals surface area contributed by atoms with Crippen LogP contribution in [0.25, 0.3) is 0 Å². The third-order valence-corrected chi connectivity index (χ3v) is 6.17. The maximum Gasteiger partial charge on any atom is 0.416 e. The van der Waals surface area contributed by atoms with Gasteiger partial charge < -0.3 is 14.7 Å². The zero-order valence-electron chi connectivity index (χ0n) is 17.1. The maximum atomic E-state index is 14.0. The van der Waals surface area contributed by atoms with E-state index < -0.39 is 11.7 Å². The third-order valence-electron chi connectivity index (χ3n) is 6.17. The molecule has 4 nitrogen and oxygen atoms in total. The monoisotopic (exact) mass is 435 g/mol. The summed E-state index contributed by atoms with van der Waals surface area (Å²) in [5, 5.41) is 0. The van der Waals surface area contributed by atoms with Crippen LogP contribution in [0.2, 0.25) is 0 Å². The molecule has 1 amide bonds. The predicted molar refractivity (Wildman–Crippen MR) is 112 cm³/mol. The Morgan fingerprint density at radius 1 is 0.839 bits per heavy atom. The van der Waals surface area contributed by atoms with Crippen LogP contribution in [0.15, 0.2) is 48.5 Å². The van der Waals surface area contributed by atoms with Gasteiger partial charge in [0.05, 0.1) is 11.3 Å². The molecule has 0 radical (unpaired) electrons. The number of carbonyl (C=O) groups excluding carboxylic acids is 1. The van der Waals surface area contributed by atoms with Crippen LogP contribution in [0.1, 0.15) is 18.4 Å². The lowest BCUT2D eigenvalue weighted by molar-refractivity contribution is -0.137. The highest BCUT2D eigenvalue weighted by Gasteiger charge is 2.33. The van der Waals surface area contributed by atoms with Gasteiger partial charge in [0, 0.05) is 50.9 Å². The van der Waals surface area contributed by atoms with E-state index >= 15 is 0 Å². The number of amides is 1. The van der Waals surface area contributed by atoms with Gasteiger partial charge in [-0.1, -0.05) is 18.2 Å². The molecule has 0 atom stereocenters. The Morgan fingerprint density at radius 2 is 1.52 bits per heavy atom. The molecule has 2 aromatic carbocycles. The Kier molecular flexibility index (Phi) is 6.07. The van der Waals surface area contributed by atoms with Gasteiger partial charge in [0.2, 0.25) is 5.91 Å². The summed E-state index contributed by atoms with van der Waals surface area (Å²) in [7, 11) is 0. The van der Waals surface area contributed by atoms with Crippen molar-refractivity contribution in [3.8, 4) is 0 Å². The summed E-state index contributed by atoms with van der Waals surface area (Å²) in [5.74, 6) is -0.252. The van der Waals surface area contributed by atoms with Gasteiger partial charge in [-0.3, -0.25) is 4.79 Å². The van der Waals surface area contributed by atoms with Crippen molar-refractivity contribution >= 4 is 17.3 Å². The molecule has 0 saturated carbocycles. The van der Waals surface area contributed by atoms with Crippen LogP contribution in [-0.4, -0.2) is 50.1 Å². The molecule has 2 saturated heterocycles. The number of para-hydroxylation sites is 1. The first-order valence-electron chi connectivity index (χ1n) is 10.5. The van der Waals surface area contributed by atoms with E-state index in [0.29, 0.717) is 63.5 Å². The Labute approximate surface area is 179 Å². The van der Waals surface area contributed by atoms with Gasteiger partial charge in [0.15, 0.2) is 0 Å². The molecule has 0 aromatic heterocycles. The summed E-state index contributed by atoms with van der Waals surface area (Å²) >= 11 is 0. The van der Waals surface area contributed by atoms with Crippen molar-refractivity contribution in [2.75, 3.05) is 49.1 Å². The van der Waals surface area contributed by atoms with Crippen LogP contribution in [0.3, 0.4) is 0 Å². The van der Waals surface area contributed by atoms with Crippen molar-refractivity contribution in [3.63, 3.8) is 0 Å². The predicted octanol–water partition coefficient (Wildman–Crippen LogP) is 4.41. The van der Waals surface area contributed by atoms with E-state index in [-0.39, 0.29) is 17.6 Å². The number of alkyl halides is 3. The van der Waals surface area contributed by atoms with Crippen molar-refractivity contribution in [2.45, 2.75) is 19.0 Å². The Bertz CT molecular complexity index is 917. The fraction of sp³-hybridized carbons (Fsp3) is 0.435. The zero-order valence-corrected chi connectivity index (χ0v) is 17.1. The van der Waals surface area contributed by atoms with Crippen LogP contribution in [-0.2, 0) is 11.0 Å². The van der Waals surface area contributed by atoms with Gasteiger partial charge >= 0.3 is 6.18 Å². The fourth-order valence-corrected chi connectivity index (χ4v) is 4.40. The van der Waals surface area contributed by atoms with Gasteiger partial charge in [-0.2, -0.15) is 13.2 Å². The maximum absolute atomic E-state index is 14.0. The normalized spacial score (nSPS) is 18.4. The number of anilines is 2. The number of hydrogen-bond donors (Lipinski definition) is 0. The van der Waals surface area contributed by atoms with E-state index in [4.69, 9.17) is 0 Å². The number of halogens is 4. The topological polar surface area (TPSA) is 26.8 Å². The summed E-state index contributed by atoms with van der Waals surface area (Å²) in [5.41, 5.74) is 0.438. The van der Waals surface area contributed by atoms with Crippen molar-refractivity contribution in [3.05, 3.63) is 59.9 Å². The number of nitrogens with zero attached hydrogens (tertiary/aromatic N) is 3. The molecule has 8 heteroatoms. The minimum atomic E-state index is -4.37. The highest BCUT2D eigenvalue weighted by molar-refractivity contribution is 5.79. The second kappa shape index (κ2) is 8.77. The third kappa shape index (κ3) is 4.78. The minimum absolute atomic E-state index is 0.0943. The average molecular weight is 435 g/mol. The molecule has 0 N–H and O–H groups in total. The van der Waals surface area contributed by atoms with Crippen molar-refractivity contribution in [2.24, 2.45) is 5.92 Å². The van der Waals surface area contributed by atoms with Crippen LogP contribution >= 0.6 is 0 Å². The number of hydrogen-bond acceptors (Lipinski definition) is 3. The van der Waals surface area contributed by atoms with Gasteiger partial charge in [-0.05, 0) is 43.2 Å². The minimum Gasteiger partial charge on any atom is -0.369 e. The smallest absolute Gasteiger partial charge is 0.369 e. The van der Waals surface area contributed by atoms with Gasteiger partial charge in [-0.15, -0.1) is 0 Å². The number of carbonyl (C=O) groups is 1. The summed E-state index contributed by atoms with van der Waals surface area (Å²) < 4.78 is 52.9. The van der Waals surface area contributed by atoms with E-state index in [0.717, 1.165) is 12.1 Å². The molecule has 2 aliphatic heterocycles. The van der Waals surface area contributed by atoms with Crippen molar-refractivity contribution < 1.29 is 22.4 Å². The molecule has 4 rings (SSSR count). The zero-order chi connectivity index (χ0) is 22.0. The molecular weight excluding hydrogens is 410 g/mol. The van der Waals surface area contributed by atoms with Gasteiger partial charge in [0.1, 0.15) is 5.82 Å². The first-order chi connectivity index (χ1) is 14.8. The SMILES string of the molecule is O=C(C1CCN(c2ccccc2F)CC1)N1CCN(c2cccc(C(F)(F)F)c2)CC1. The summed E-state index contributed by atoms with van der Waals surface area (Å²) in [6, 6.07) is 12.0. The molecule has 0 aliphatic carbocycles. The Balaban J connectivity index is 1.31. The molecule has 2 aromatic rings. The largest absolute Gasteiger partial charge is 0.416 e. The van der Waals surface area contributed by atoms with E-state index in [1.54, 1.807) is 24.3 Å². The highest BCUT2D eigenvalue weighted by Crippen LogP contribution is 2.32. The lowest BCUT2D eigenvalue weighted by Gasteiger charge is -2.40. The second-order valence-electron chi connectivity index (χ2n) is 8.07. The first-order valence-corrected chi connectivity index (χ1v) is 10.5.